The Hall–Kier alpha value is -3.51. The zero-order valence-corrected chi connectivity index (χ0v) is 19.5. The number of methoxy groups -OCH3 is 1. The lowest BCUT2D eigenvalue weighted by Gasteiger charge is -2.25. The second-order valence-electron chi connectivity index (χ2n) is 8.23. The second-order valence-corrected chi connectivity index (χ2v) is 8.66. The lowest BCUT2D eigenvalue weighted by molar-refractivity contribution is -0.132. The van der Waals surface area contributed by atoms with E-state index in [1.165, 1.54) is 11.2 Å². The maximum atomic E-state index is 13.2. The molecule has 1 aliphatic heterocycles. The largest absolute Gasteiger partial charge is 0.507 e. The van der Waals surface area contributed by atoms with Crippen molar-refractivity contribution in [3.63, 3.8) is 0 Å². The van der Waals surface area contributed by atoms with E-state index in [1.54, 1.807) is 62.6 Å². The molecule has 4 rings (SSSR count). The highest BCUT2D eigenvalue weighted by Crippen LogP contribution is 2.44. The molecule has 0 aliphatic carbocycles. The molecule has 0 radical (unpaired) electrons. The van der Waals surface area contributed by atoms with E-state index in [2.05, 4.69) is 0 Å². The molecule has 1 saturated heterocycles. The molecule has 1 aliphatic rings. The van der Waals surface area contributed by atoms with Crippen molar-refractivity contribution >= 4 is 34.7 Å². The SMILES string of the molecule is COc1ccc(/C(O)=C2/C(=O)C(=O)N(c3ccc(Cl)cc3C)C2c2ccco2)cc1C(C)C. The third-order valence-electron chi connectivity index (χ3n) is 5.80. The minimum Gasteiger partial charge on any atom is -0.507 e. The Morgan fingerprint density at radius 3 is 2.52 bits per heavy atom. The van der Waals surface area contributed by atoms with E-state index in [-0.39, 0.29) is 17.3 Å². The maximum absolute atomic E-state index is 13.2. The van der Waals surface area contributed by atoms with Crippen LogP contribution in [-0.4, -0.2) is 23.9 Å². The maximum Gasteiger partial charge on any atom is 0.300 e. The molecule has 3 aromatic rings. The number of furan rings is 1. The second kappa shape index (κ2) is 8.79. The fourth-order valence-corrected chi connectivity index (χ4v) is 4.40. The molecule has 2 aromatic carbocycles. The van der Waals surface area contributed by atoms with E-state index in [0.717, 1.165) is 5.56 Å². The summed E-state index contributed by atoms with van der Waals surface area (Å²) in [5.74, 6) is -0.642. The number of amides is 1. The fraction of sp³-hybridized carbons (Fsp3) is 0.231. The van der Waals surface area contributed by atoms with Crippen LogP contribution in [0.5, 0.6) is 5.75 Å². The monoisotopic (exact) mass is 465 g/mol. The van der Waals surface area contributed by atoms with Crippen LogP contribution in [0.3, 0.4) is 0 Å². The number of Topliss-reactive ketones (excluding diaryl/α,β-unsaturated/α-hetero) is 1. The van der Waals surface area contributed by atoms with E-state index >= 15 is 0 Å². The summed E-state index contributed by atoms with van der Waals surface area (Å²) in [6.45, 7) is 5.82. The molecule has 1 amide bonds. The van der Waals surface area contributed by atoms with Crippen LogP contribution in [0.15, 0.2) is 64.8 Å². The summed E-state index contributed by atoms with van der Waals surface area (Å²) in [5.41, 5.74) is 2.48. The van der Waals surface area contributed by atoms with Gasteiger partial charge in [0.05, 0.1) is 18.9 Å². The van der Waals surface area contributed by atoms with E-state index in [0.29, 0.717) is 33.3 Å². The number of carbonyl (C=O) groups is 2. The van der Waals surface area contributed by atoms with Crippen molar-refractivity contribution in [2.45, 2.75) is 32.7 Å². The summed E-state index contributed by atoms with van der Waals surface area (Å²) < 4.78 is 11.0. The van der Waals surface area contributed by atoms with Crippen molar-refractivity contribution in [1.29, 1.82) is 0 Å². The first kappa shape index (κ1) is 22.7. The Balaban J connectivity index is 1.93. The minimum absolute atomic E-state index is 0.0378. The Kier molecular flexibility index (Phi) is 6.04. The van der Waals surface area contributed by atoms with Crippen molar-refractivity contribution in [2.24, 2.45) is 0 Å². The van der Waals surface area contributed by atoms with Gasteiger partial charge in [0.1, 0.15) is 23.3 Å². The molecule has 170 valence electrons. The number of carbonyl (C=O) groups excluding carboxylic acids is 2. The van der Waals surface area contributed by atoms with Crippen LogP contribution in [0.2, 0.25) is 5.02 Å². The predicted molar refractivity (Wildman–Crippen MR) is 127 cm³/mol. The van der Waals surface area contributed by atoms with Crippen LogP contribution in [0.4, 0.5) is 5.69 Å². The summed E-state index contributed by atoms with van der Waals surface area (Å²) in [6, 6.07) is 12.7. The van der Waals surface area contributed by atoms with Gasteiger partial charge in [0.15, 0.2) is 0 Å². The third-order valence-corrected chi connectivity index (χ3v) is 6.04. The average Bonchev–Trinajstić information content (AvgIpc) is 3.40. The smallest absolute Gasteiger partial charge is 0.300 e. The zero-order chi connectivity index (χ0) is 23.9. The molecule has 1 unspecified atom stereocenters. The van der Waals surface area contributed by atoms with Gasteiger partial charge in [-0.1, -0.05) is 25.4 Å². The number of aliphatic hydroxyl groups is 1. The van der Waals surface area contributed by atoms with E-state index in [4.69, 9.17) is 20.8 Å². The summed E-state index contributed by atoms with van der Waals surface area (Å²) >= 11 is 6.10. The Morgan fingerprint density at radius 2 is 1.91 bits per heavy atom. The highest BCUT2D eigenvalue weighted by molar-refractivity contribution is 6.51. The van der Waals surface area contributed by atoms with E-state index < -0.39 is 17.7 Å². The Morgan fingerprint density at radius 1 is 1.15 bits per heavy atom. The van der Waals surface area contributed by atoms with Gasteiger partial charge in [-0.3, -0.25) is 14.5 Å². The molecular formula is C26H24ClNO5. The van der Waals surface area contributed by atoms with Gasteiger partial charge < -0.3 is 14.3 Å². The molecule has 1 aromatic heterocycles. The van der Waals surface area contributed by atoms with Crippen LogP contribution in [0, 0.1) is 6.92 Å². The van der Waals surface area contributed by atoms with Crippen LogP contribution in [-0.2, 0) is 9.59 Å². The molecule has 1 fully saturated rings. The Bertz CT molecular complexity index is 1260. The van der Waals surface area contributed by atoms with Gasteiger partial charge in [-0.05, 0) is 72.5 Å². The number of hydrogen-bond acceptors (Lipinski definition) is 5. The van der Waals surface area contributed by atoms with Gasteiger partial charge in [0, 0.05) is 16.3 Å². The Labute approximate surface area is 197 Å². The summed E-state index contributed by atoms with van der Waals surface area (Å²) in [4.78, 5) is 27.8. The van der Waals surface area contributed by atoms with Crippen LogP contribution in [0.25, 0.3) is 5.76 Å². The van der Waals surface area contributed by atoms with Crippen LogP contribution in [0.1, 0.15) is 48.3 Å². The lowest BCUT2D eigenvalue weighted by Crippen LogP contribution is -2.29. The molecule has 6 nitrogen and oxygen atoms in total. The third kappa shape index (κ3) is 3.91. The fourth-order valence-electron chi connectivity index (χ4n) is 4.17. The van der Waals surface area contributed by atoms with Crippen LogP contribution < -0.4 is 9.64 Å². The molecular weight excluding hydrogens is 442 g/mol. The standard InChI is InChI=1S/C26H24ClNO5/c1-14(2)18-13-16(7-10-20(18)32-4)24(29)22-23(21-6-5-11-33-21)28(26(31)25(22)30)19-9-8-17(27)12-15(19)3/h5-14,23,29H,1-4H3/b24-22-. The quantitative estimate of drug-likeness (QED) is 0.284. The molecule has 33 heavy (non-hydrogen) atoms. The number of aryl methyl sites for hydroxylation is 1. The van der Waals surface area contributed by atoms with Crippen molar-refractivity contribution in [3.05, 3.63) is 87.8 Å². The number of halogens is 1. The van der Waals surface area contributed by atoms with Crippen LogP contribution >= 0.6 is 11.6 Å². The molecule has 0 saturated carbocycles. The number of nitrogens with zero attached hydrogens (tertiary/aromatic N) is 1. The van der Waals surface area contributed by atoms with Crippen molar-refractivity contribution in [2.75, 3.05) is 12.0 Å². The first-order chi connectivity index (χ1) is 15.7. The van der Waals surface area contributed by atoms with Gasteiger partial charge in [-0.25, -0.2) is 0 Å². The number of anilines is 1. The van der Waals surface area contributed by atoms with Gasteiger partial charge in [-0.15, -0.1) is 0 Å². The number of aliphatic hydroxyl groups excluding tert-OH is 1. The molecule has 7 heteroatoms. The molecule has 0 spiro atoms. The highest BCUT2D eigenvalue weighted by Gasteiger charge is 2.48. The topological polar surface area (TPSA) is 80.0 Å². The van der Waals surface area contributed by atoms with Crippen molar-refractivity contribution in [1.82, 2.24) is 0 Å². The number of hydrogen-bond donors (Lipinski definition) is 1. The van der Waals surface area contributed by atoms with Crippen molar-refractivity contribution < 1.29 is 23.8 Å². The van der Waals surface area contributed by atoms with Gasteiger partial charge in [0.2, 0.25) is 0 Å². The minimum atomic E-state index is -0.926. The predicted octanol–water partition coefficient (Wildman–Crippen LogP) is 6.00. The van der Waals surface area contributed by atoms with Gasteiger partial charge >= 0.3 is 0 Å². The zero-order valence-electron chi connectivity index (χ0n) is 18.8. The molecule has 1 N–H and O–H groups in total. The average molecular weight is 466 g/mol. The normalized spacial score (nSPS) is 17.8. The summed E-state index contributed by atoms with van der Waals surface area (Å²) in [6.07, 6.45) is 1.47. The van der Waals surface area contributed by atoms with Gasteiger partial charge in [0.25, 0.3) is 11.7 Å². The van der Waals surface area contributed by atoms with Gasteiger partial charge in [-0.2, -0.15) is 0 Å². The summed E-state index contributed by atoms with van der Waals surface area (Å²) in [5, 5.41) is 11.8. The van der Waals surface area contributed by atoms with E-state index in [9.17, 15) is 14.7 Å². The lowest BCUT2D eigenvalue weighted by atomic mass is 9.95. The van der Waals surface area contributed by atoms with E-state index in [1.807, 2.05) is 13.8 Å². The molecule has 2 heterocycles. The number of ether oxygens (including phenoxy) is 1. The first-order valence-corrected chi connectivity index (χ1v) is 10.9. The van der Waals surface area contributed by atoms with Crippen molar-refractivity contribution in [3.8, 4) is 5.75 Å². The highest BCUT2D eigenvalue weighted by atomic mass is 35.5. The first-order valence-electron chi connectivity index (χ1n) is 10.5. The number of rotatable bonds is 5. The summed E-state index contributed by atoms with van der Waals surface area (Å²) in [7, 11) is 1.58. The molecule has 0 bridgehead atoms. The number of ketones is 1. The molecule has 1 atom stereocenters. The number of benzene rings is 2.